The van der Waals surface area contributed by atoms with Gasteiger partial charge in [-0.15, -0.1) is 0 Å². The number of H-pyrrole nitrogens is 1. The molecule has 0 unspecified atom stereocenters. The number of aryl methyl sites for hydroxylation is 2. The highest BCUT2D eigenvalue weighted by molar-refractivity contribution is 5.79. The van der Waals surface area contributed by atoms with Gasteiger partial charge in [0.2, 0.25) is 0 Å². The van der Waals surface area contributed by atoms with Crippen molar-refractivity contribution in [2.45, 2.75) is 40.0 Å². The molecule has 0 amide bonds. The van der Waals surface area contributed by atoms with Crippen molar-refractivity contribution in [3.8, 4) is 22.5 Å². The van der Waals surface area contributed by atoms with Gasteiger partial charge in [0, 0.05) is 23.5 Å². The van der Waals surface area contributed by atoms with Crippen molar-refractivity contribution in [3.05, 3.63) is 77.9 Å². The second-order valence-corrected chi connectivity index (χ2v) is 6.59. The van der Waals surface area contributed by atoms with Gasteiger partial charge in [-0.2, -0.15) is 0 Å². The lowest BCUT2D eigenvalue weighted by molar-refractivity contribution is 0.912. The fourth-order valence-corrected chi connectivity index (χ4v) is 3.28. The van der Waals surface area contributed by atoms with Crippen molar-refractivity contribution in [3.63, 3.8) is 0 Å². The van der Waals surface area contributed by atoms with Crippen LogP contribution in [-0.2, 0) is 12.8 Å². The largest absolute Gasteiger partial charge is 0.338 e. The third-order valence-electron chi connectivity index (χ3n) is 4.72. The third-order valence-corrected chi connectivity index (χ3v) is 4.72. The van der Waals surface area contributed by atoms with Crippen LogP contribution in [0.15, 0.2) is 61.0 Å². The number of hydrogen-bond acceptors (Lipinski definition) is 2. The van der Waals surface area contributed by atoms with E-state index in [-0.39, 0.29) is 0 Å². The average molecular weight is 358 g/mol. The summed E-state index contributed by atoms with van der Waals surface area (Å²) in [5, 5.41) is 0. The van der Waals surface area contributed by atoms with Crippen molar-refractivity contribution in [2.24, 2.45) is 0 Å². The first kappa shape index (κ1) is 18.8. The second kappa shape index (κ2) is 9.13. The van der Waals surface area contributed by atoms with Gasteiger partial charge in [-0.05, 0) is 75.4 Å². The monoisotopic (exact) mass is 357 g/mol. The Labute approximate surface area is 161 Å². The van der Waals surface area contributed by atoms with Gasteiger partial charge in [-0.3, -0.25) is 4.98 Å². The smallest absolute Gasteiger partial charge is 0.130 e. The summed E-state index contributed by atoms with van der Waals surface area (Å²) in [4.78, 5) is 12.4. The molecule has 3 heteroatoms. The molecule has 0 atom stereocenters. The van der Waals surface area contributed by atoms with Crippen molar-refractivity contribution in [1.82, 2.24) is 15.0 Å². The number of nitrogens with one attached hydrogen (secondary N) is 1. The molecule has 4 rings (SSSR count). The maximum atomic E-state index is 4.81. The number of benzene rings is 1. The van der Waals surface area contributed by atoms with Crippen LogP contribution in [0.3, 0.4) is 0 Å². The summed E-state index contributed by atoms with van der Waals surface area (Å²) in [6.07, 6.45) is 15.3. The Hall–Kier alpha value is -2.94. The van der Waals surface area contributed by atoms with Crippen LogP contribution in [0.2, 0.25) is 0 Å². The summed E-state index contributed by atoms with van der Waals surface area (Å²) in [5.74, 6) is 0.884. The average Bonchev–Trinajstić information content (AvgIpc) is 3.35. The number of aromatic amines is 1. The SMILES string of the molecule is C/C=C/c1nc(-c2ccc3c(c2)CCC3)c(-c2ccncc2)[nH]1.C/C=C\C. The Morgan fingerprint density at radius 3 is 2.30 bits per heavy atom. The summed E-state index contributed by atoms with van der Waals surface area (Å²) >= 11 is 0. The van der Waals surface area contributed by atoms with Crippen LogP contribution < -0.4 is 0 Å². The summed E-state index contributed by atoms with van der Waals surface area (Å²) in [7, 11) is 0. The Morgan fingerprint density at radius 2 is 1.59 bits per heavy atom. The molecule has 1 aromatic carbocycles. The van der Waals surface area contributed by atoms with Gasteiger partial charge in [-0.25, -0.2) is 4.98 Å². The minimum atomic E-state index is 0.884. The molecule has 0 aliphatic heterocycles. The summed E-state index contributed by atoms with van der Waals surface area (Å²) < 4.78 is 0. The highest BCUT2D eigenvalue weighted by atomic mass is 14.9. The van der Waals surface area contributed by atoms with Crippen LogP contribution >= 0.6 is 0 Å². The van der Waals surface area contributed by atoms with Gasteiger partial charge in [0.05, 0.1) is 11.4 Å². The maximum absolute atomic E-state index is 4.81. The molecule has 0 saturated heterocycles. The lowest BCUT2D eigenvalue weighted by Gasteiger charge is -2.05. The standard InChI is InChI=1S/C20H19N3.C4H8/c1-2-4-18-22-19(15-9-11-21-12-10-15)20(23-18)17-8-7-14-5-3-6-16(14)13-17;1-3-4-2/h2,4,7-13H,3,5-6H2,1H3,(H,22,23);3-4H,1-2H3/b4-2+;4-3-. The van der Waals surface area contributed by atoms with Crippen LogP contribution in [0.25, 0.3) is 28.6 Å². The number of rotatable bonds is 3. The highest BCUT2D eigenvalue weighted by Crippen LogP contribution is 2.33. The zero-order valence-electron chi connectivity index (χ0n) is 16.4. The number of allylic oxidation sites excluding steroid dienone is 3. The summed E-state index contributed by atoms with van der Waals surface area (Å²) in [6, 6.07) is 10.8. The lowest BCUT2D eigenvalue weighted by atomic mass is 10.0. The molecule has 0 fully saturated rings. The first-order valence-electron chi connectivity index (χ1n) is 9.59. The van der Waals surface area contributed by atoms with Gasteiger partial charge in [0.15, 0.2) is 0 Å². The minimum Gasteiger partial charge on any atom is -0.338 e. The molecule has 1 aliphatic rings. The number of hydrogen-bond donors (Lipinski definition) is 1. The van der Waals surface area contributed by atoms with Crippen molar-refractivity contribution in [1.29, 1.82) is 0 Å². The minimum absolute atomic E-state index is 0.884. The van der Waals surface area contributed by atoms with Gasteiger partial charge in [-0.1, -0.05) is 30.4 Å². The van der Waals surface area contributed by atoms with Crippen LogP contribution in [0.4, 0.5) is 0 Å². The predicted octanol–water partition coefficient (Wildman–Crippen LogP) is 6.24. The number of imidazole rings is 1. The first-order chi connectivity index (χ1) is 13.3. The Bertz CT molecular complexity index is 930. The zero-order chi connectivity index (χ0) is 19.1. The van der Waals surface area contributed by atoms with Crippen molar-refractivity contribution >= 4 is 6.08 Å². The van der Waals surface area contributed by atoms with Crippen molar-refractivity contribution < 1.29 is 0 Å². The number of nitrogens with zero attached hydrogens (tertiary/aromatic N) is 2. The van der Waals surface area contributed by atoms with E-state index in [2.05, 4.69) is 28.2 Å². The molecule has 0 saturated carbocycles. The van der Waals surface area contributed by atoms with Gasteiger partial charge in [0.25, 0.3) is 0 Å². The molecular weight excluding hydrogens is 330 g/mol. The third kappa shape index (κ3) is 4.43. The molecule has 2 aromatic heterocycles. The van der Waals surface area contributed by atoms with E-state index in [1.54, 1.807) is 0 Å². The quantitative estimate of drug-likeness (QED) is 0.563. The van der Waals surface area contributed by atoms with Crippen LogP contribution in [0, 0.1) is 0 Å². The van der Waals surface area contributed by atoms with Gasteiger partial charge < -0.3 is 4.98 Å². The van der Waals surface area contributed by atoms with Gasteiger partial charge in [0.1, 0.15) is 5.82 Å². The molecule has 1 aliphatic carbocycles. The van der Waals surface area contributed by atoms with Crippen LogP contribution in [0.5, 0.6) is 0 Å². The molecule has 138 valence electrons. The van der Waals surface area contributed by atoms with E-state index in [4.69, 9.17) is 4.98 Å². The van der Waals surface area contributed by atoms with E-state index in [9.17, 15) is 0 Å². The maximum Gasteiger partial charge on any atom is 0.130 e. The van der Waals surface area contributed by atoms with Gasteiger partial charge >= 0.3 is 0 Å². The number of fused-ring (bicyclic) bond motifs is 1. The Balaban J connectivity index is 0.000000481. The van der Waals surface area contributed by atoms with E-state index in [0.29, 0.717) is 0 Å². The molecule has 27 heavy (non-hydrogen) atoms. The predicted molar refractivity (Wildman–Crippen MR) is 114 cm³/mol. The lowest BCUT2D eigenvalue weighted by Crippen LogP contribution is -1.88. The molecule has 1 N–H and O–H groups in total. The fourth-order valence-electron chi connectivity index (χ4n) is 3.28. The van der Waals surface area contributed by atoms with E-state index >= 15 is 0 Å². The molecule has 2 heterocycles. The first-order valence-corrected chi connectivity index (χ1v) is 9.59. The topological polar surface area (TPSA) is 41.6 Å². The summed E-state index contributed by atoms with van der Waals surface area (Å²) in [6.45, 7) is 6.00. The highest BCUT2D eigenvalue weighted by Gasteiger charge is 2.16. The molecule has 0 bridgehead atoms. The molecule has 3 aromatic rings. The molecule has 0 spiro atoms. The number of aromatic nitrogens is 3. The van der Waals surface area contributed by atoms with Crippen molar-refractivity contribution in [2.75, 3.05) is 0 Å². The van der Waals surface area contributed by atoms with E-state index < -0.39 is 0 Å². The number of pyridine rings is 1. The van der Waals surface area contributed by atoms with E-state index in [1.807, 2.05) is 69.6 Å². The van der Waals surface area contributed by atoms with E-state index in [0.717, 1.165) is 22.8 Å². The molecular formula is C24H27N3. The Morgan fingerprint density at radius 1 is 0.852 bits per heavy atom. The van der Waals surface area contributed by atoms with E-state index in [1.165, 1.54) is 36.0 Å². The summed E-state index contributed by atoms with van der Waals surface area (Å²) in [5.41, 5.74) is 7.32. The Kier molecular flexibility index (Phi) is 6.37. The zero-order valence-corrected chi connectivity index (χ0v) is 16.4. The second-order valence-electron chi connectivity index (χ2n) is 6.59. The van der Waals surface area contributed by atoms with Crippen LogP contribution in [-0.4, -0.2) is 15.0 Å². The molecule has 0 radical (unpaired) electrons. The molecule has 3 nitrogen and oxygen atoms in total. The normalized spacial score (nSPS) is 13.0. The fraction of sp³-hybridized carbons (Fsp3) is 0.250. The van der Waals surface area contributed by atoms with Crippen LogP contribution in [0.1, 0.15) is 44.1 Å².